The second-order valence-electron chi connectivity index (χ2n) is 5.92. The molecule has 3 N–H and O–H groups in total. The van der Waals surface area contributed by atoms with Crippen molar-refractivity contribution in [2.45, 2.75) is 45.2 Å². The fourth-order valence-corrected chi connectivity index (χ4v) is 2.75. The fourth-order valence-electron chi connectivity index (χ4n) is 2.20. The Morgan fingerprint density at radius 1 is 1.50 bits per heavy atom. The van der Waals surface area contributed by atoms with Crippen LogP contribution in [0, 0.1) is 0 Å². The highest BCUT2D eigenvalue weighted by Crippen LogP contribution is 2.32. The number of nitrogens with two attached hydrogens (primary N) is 1. The summed E-state index contributed by atoms with van der Waals surface area (Å²) in [5.41, 5.74) is 7.79. The average Bonchev–Trinajstić information content (AvgIpc) is 2.80. The Morgan fingerprint density at radius 3 is 2.95 bits per heavy atom. The molecule has 5 heteroatoms. The van der Waals surface area contributed by atoms with Crippen molar-refractivity contribution in [3.05, 3.63) is 27.7 Å². The normalized spacial score (nSPS) is 13.8. The Morgan fingerprint density at radius 2 is 2.25 bits per heavy atom. The number of nitrogens with one attached hydrogen (secondary N) is 1. The summed E-state index contributed by atoms with van der Waals surface area (Å²) >= 11 is 3.49. The predicted molar refractivity (Wildman–Crippen MR) is 82.7 cm³/mol. The van der Waals surface area contributed by atoms with Gasteiger partial charge in [-0.15, -0.1) is 0 Å². The first-order valence-electron chi connectivity index (χ1n) is 6.85. The minimum absolute atomic E-state index is 0.0234. The third-order valence-electron chi connectivity index (χ3n) is 3.30. The van der Waals surface area contributed by atoms with Gasteiger partial charge in [-0.2, -0.15) is 0 Å². The molecule has 110 valence electrons. The summed E-state index contributed by atoms with van der Waals surface area (Å²) < 4.78 is 6.66. The van der Waals surface area contributed by atoms with E-state index in [2.05, 4.69) is 27.3 Å². The van der Waals surface area contributed by atoms with Crippen LogP contribution in [0.15, 0.2) is 16.6 Å². The van der Waals surface area contributed by atoms with E-state index in [1.807, 2.05) is 19.9 Å². The summed E-state index contributed by atoms with van der Waals surface area (Å²) in [7, 11) is 0. The number of carbonyl (C=O) groups is 1. The van der Waals surface area contributed by atoms with E-state index in [4.69, 9.17) is 10.5 Å². The number of benzene rings is 1. The Bertz CT molecular complexity index is 509. The molecule has 0 saturated carbocycles. The van der Waals surface area contributed by atoms with Crippen molar-refractivity contribution in [2.75, 3.05) is 6.61 Å². The van der Waals surface area contributed by atoms with Crippen molar-refractivity contribution in [1.29, 1.82) is 0 Å². The minimum Gasteiger partial charge on any atom is -0.493 e. The van der Waals surface area contributed by atoms with Gasteiger partial charge >= 0.3 is 0 Å². The van der Waals surface area contributed by atoms with Gasteiger partial charge < -0.3 is 15.8 Å². The average molecular weight is 341 g/mol. The maximum absolute atomic E-state index is 11.8. The number of hydrogen-bond acceptors (Lipinski definition) is 3. The highest BCUT2D eigenvalue weighted by Gasteiger charge is 2.18. The maximum atomic E-state index is 11.8. The summed E-state index contributed by atoms with van der Waals surface area (Å²) in [6.45, 7) is 5.06. The number of rotatable bonds is 5. The van der Waals surface area contributed by atoms with Crippen LogP contribution in [0.4, 0.5) is 0 Å². The van der Waals surface area contributed by atoms with Gasteiger partial charge in [-0.3, -0.25) is 4.79 Å². The smallest absolute Gasteiger partial charge is 0.220 e. The summed E-state index contributed by atoms with van der Waals surface area (Å²) in [5, 5.41) is 2.93. The number of halogens is 1. The summed E-state index contributed by atoms with van der Waals surface area (Å²) in [5.74, 6) is 0.947. The number of amides is 1. The molecule has 1 aliphatic rings. The van der Waals surface area contributed by atoms with E-state index in [1.165, 1.54) is 5.56 Å². The second-order valence-corrected chi connectivity index (χ2v) is 6.83. The van der Waals surface area contributed by atoms with Crippen LogP contribution in [-0.4, -0.2) is 18.1 Å². The number of fused-ring (bicyclic) bond motifs is 1. The highest BCUT2D eigenvalue weighted by molar-refractivity contribution is 9.10. The lowest BCUT2D eigenvalue weighted by Gasteiger charge is -2.17. The van der Waals surface area contributed by atoms with Gasteiger partial charge in [0.25, 0.3) is 0 Å². The third-order valence-corrected chi connectivity index (χ3v) is 3.76. The second kappa shape index (κ2) is 6.14. The maximum Gasteiger partial charge on any atom is 0.220 e. The topological polar surface area (TPSA) is 64.4 Å². The van der Waals surface area contributed by atoms with E-state index in [-0.39, 0.29) is 11.4 Å². The van der Waals surface area contributed by atoms with Crippen molar-refractivity contribution < 1.29 is 9.53 Å². The third kappa shape index (κ3) is 4.21. The van der Waals surface area contributed by atoms with Crippen LogP contribution in [0.2, 0.25) is 0 Å². The molecule has 1 aromatic rings. The van der Waals surface area contributed by atoms with Crippen LogP contribution in [0.3, 0.4) is 0 Å². The van der Waals surface area contributed by atoms with Crippen LogP contribution < -0.4 is 15.8 Å². The van der Waals surface area contributed by atoms with Crippen molar-refractivity contribution in [1.82, 2.24) is 5.32 Å². The Hall–Kier alpha value is -1.07. The number of ether oxygens (including phenoxy) is 1. The summed E-state index contributed by atoms with van der Waals surface area (Å²) in [6, 6.07) is 4.07. The molecule has 20 heavy (non-hydrogen) atoms. The van der Waals surface area contributed by atoms with Crippen LogP contribution in [0.25, 0.3) is 0 Å². The molecule has 0 spiro atoms. The van der Waals surface area contributed by atoms with Gasteiger partial charge in [-0.1, -0.05) is 15.9 Å². The molecule has 0 radical (unpaired) electrons. The quantitative estimate of drug-likeness (QED) is 0.865. The Labute approximate surface area is 128 Å². The van der Waals surface area contributed by atoms with Gasteiger partial charge in [-0.05, 0) is 38.0 Å². The lowest BCUT2D eigenvalue weighted by Crippen LogP contribution is -2.34. The van der Waals surface area contributed by atoms with Gasteiger partial charge in [0.15, 0.2) is 0 Å². The first-order valence-corrected chi connectivity index (χ1v) is 7.64. The molecule has 0 aromatic heterocycles. The molecular weight excluding hydrogens is 320 g/mol. The van der Waals surface area contributed by atoms with Crippen molar-refractivity contribution in [3.8, 4) is 5.75 Å². The largest absolute Gasteiger partial charge is 0.493 e. The molecule has 1 aromatic carbocycles. The molecule has 1 amide bonds. The van der Waals surface area contributed by atoms with Gasteiger partial charge in [0, 0.05) is 35.0 Å². The van der Waals surface area contributed by atoms with E-state index in [0.29, 0.717) is 26.0 Å². The molecule has 0 atom stereocenters. The molecular formula is C15H21BrN2O2. The zero-order chi connectivity index (χ0) is 14.8. The molecule has 1 heterocycles. The van der Waals surface area contributed by atoms with E-state index in [1.54, 1.807) is 0 Å². The first kappa shape index (κ1) is 15.3. The van der Waals surface area contributed by atoms with Gasteiger partial charge in [0.2, 0.25) is 5.91 Å². The lowest BCUT2D eigenvalue weighted by atomic mass is 10.00. The van der Waals surface area contributed by atoms with E-state index >= 15 is 0 Å². The fraction of sp³-hybridized carbons (Fsp3) is 0.533. The molecule has 1 aliphatic heterocycles. The number of carbonyl (C=O) groups excluding carboxylic acids is 1. The molecule has 0 saturated heterocycles. The highest BCUT2D eigenvalue weighted by atomic mass is 79.9. The summed E-state index contributed by atoms with van der Waals surface area (Å²) in [6.07, 6.45) is 2.05. The van der Waals surface area contributed by atoms with E-state index < -0.39 is 0 Å². The SMILES string of the molecule is CC(C)(N)CCC(=O)NCc1cc(Br)cc2c1OCC2. The van der Waals surface area contributed by atoms with Crippen LogP contribution in [0.5, 0.6) is 5.75 Å². The molecule has 0 bridgehead atoms. The predicted octanol–water partition coefficient (Wildman–Crippen LogP) is 2.52. The lowest BCUT2D eigenvalue weighted by molar-refractivity contribution is -0.121. The van der Waals surface area contributed by atoms with Crippen LogP contribution >= 0.6 is 15.9 Å². The molecule has 0 fully saturated rings. The minimum atomic E-state index is -0.308. The van der Waals surface area contributed by atoms with Crippen LogP contribution in [-0.2, 0) is 17.8 Å². The van der Waals surface area contributed by atoms with E-state index in [0.717, 1.165) is 22.2 Å². The zero-order valence-electron chi connectivity index (χ0n) is 12.0. The van der Waals surface area contributed by atoms with Gasteiger partial charge in [0.1, 0.15) is 5.75 Å². The molecule has 0 aliphatic carbocycles. The van der Waals surface area contributed by atoms with Crippen molar-refractivity contribution in [2.24, 2.45) is 5.73 Å². The van der Waals surface area contributed by atoms with E-state index in [9.17, 15) is 4.79 Å². The Kier molecular flexibility index (Phi) is 4.70. The van der Waals surface area contributed by atoms with Crippen molar-refractivity contribution in [3.63, 3.8) is 0 Å². The van der Waals surface area contributed by atoms with Crippen molar-refractivity contribution >= 4 is 21.8 Å². The summed E-state index contributed by atoms with van der Waals surface area (Å²) in [4.78, 5) is 11.8. The molecule has 0 unspecified atom stereocenters. The molecule has 4 nitrogen and oxygen atoms in total. The Balaban J connectivity index is 1.93. The monoisotopic (exact) mass is 340 g/mol. The van der Waals surface area contributed by atoms with Crippen LogP contribution in [0.1, 0.15) is 37.8 Å². The molecule has 2 rings (SSSR count). The standard InChI is InChI=1S/C15H21BrN2O2/c1-15(2,17)5-3-13(19)18-9-11-8-12(16)7-10-4-6-20-14(10)11/h7-8H,3-6,9,17H2,1-2H3,(H,18,19). The zero-order valence-corrected chi connectivity index (χ0v) is 13.5. The first-order chi connectivity index (χ1) is 9.35. The number of hydrogen-bond donors (Lipinski definition) is 2. The van der Waals surface area contributed by atoms with Gasteiger partial charge in [0.05, 0.1) is 6.61 Å². The van der Waals surface area contributed by atoms with Gasteiger partial charge in [-0.25, -0.2) is 0 Å².